The van der Waals surface area contributed by atoms with Gasteiger partial charge in [0, 0.05) is 6.54 Å². The fourth-order valence-electron chi connectivity index (χ4n) is 0.701. The normalized spacial score (nSPS) is 21.7. The van der Waals surface area contributed by atoms with Crippen LogP contribution in [-0.4, -0.2) is 31.5 Å². The maximum atomic E-state index is 9.60. The first kappa shape index (κ1) is 12.4. The van der Waals surface area contributed by atoms with E-state index in [1.54, 1.807) is 0 Å². The molecule has 1 atom stereocenters. The molecule has 0 spiro atoms. The van der Waals surface area contributed by atoms with Crippen molar-refractivity contribution in [2.75, 3.05) is 13.2 Å². The maximum Gasteiger partial charge on any atom is 0.293 e. The van der Waals surface area contributed by atoms with Crippen LogP contribution < -0.4 is 5.32 Å². The Balaban J connectivity index is 0.000000223. The molecule has 1 heterocycles. The summed E-state index contributed by atoms with van der Waals surface area (Å²) in [6, 6.07) is 0. The lowest BCUT2D eigenvalue weighted by atomic mass is 10.2. The van der Waals surface area contributed by atoms with Gasteiger partial charge in [0.1, 0.15) is 11.8 Å². The Morgan fingerprint density at radius 1 is 1.54 bits per heavy atom. The Morgan fingerprint density at radius 3 is 2.23 bits per heavy atom. The molecule has 78 valence electrons. The van der Waals surface area contributed by atoms with E-state index in [2.05, 4.69) is 10.1 Å². The van der Waals surface area contributed by atoms with Crippen molar-refractivity contribution in [2.24, 2.45) is 0 Å². The number of hydrogen-bond donors (Lipinski definition) is 1. The van der Waals surface area contributed by atoms with E-state index in [9.17, 15) is 4.79 Å². The summed E-state index contributed by atoms with van der Waals surface area (Å²) in [6.07, 6.45) is 0.296. The van der Waals surface area contributed by atoms with Gasteiger partial charge in [-0.1, -0.05) is 0 Å². The predicted molar refractivity (Wildman–Crippen MR) is 50.3 cm³/mol. The van der Waals surface area contributed by atoms with Crippen molar-refractivity contribution in [2.45, 2.75) is 39.5 Å². The number of carbonyl (C=O) groups is 1. The van der Waals surface area contributed by atoms with Gasteiger partial charge < -0.3 is 9.47 Å². The molecule has 1 aliphatic rings. The quantitative estimate of drug-likeness (QED) is 0.623. The molecule has 0 aromatic heterocycles. The van der Waals surface area contributed by atoms with Crippen LogP contribution in [0.15, 0.2) is 0 Å². The van der Waals surface area contributed by atoms with Gasteiger partial charge in [-0.3, -0.25) is 10.1 Å². The summed E-state index contributed by atoms with van der Waals surface area (Å²) in [5.41, 5.74) is -0.318. The van der Waals surface area contributed by atoms with E-state index in [1.807, 2.05) is 27.7 Å². The van der Waals surface area contributed by atoms with Crippen molar-refractivity contribution >= 4 is 6.47 Å². The highest BCUT2D eigenvalue weighted by Gasteiger charge is 2.07. The number of carbonyl (C=O) groups excluding carboxylic acids is 1. The Kier molecular flexibility index (Phi) is 5.66. The molecule has 0 aliphatic carbocycles. The van der Waals surface area contributed by atoms with Gasteiger partial charge in [0.05, 0.1) is 6.61 Å². The van der Waals surface area contributed by atoms with Gasteiger partial charge in [-0.05, 0) is 27.7 Å². The molecule has 0 radical (unpaired) electrons. The van der Waals surface area contributed by atoms with Crippen LogP contribution in [-0.2, 0) is 14.3 Å². The molecule has 0 bridgehead atoms. The van der Waals surface area contributed by atoms with Gasteiger partial charge in [-0.2, -0.15) is 0 Å². The highest BCUT2D eigenvalue weighted by molar-refractivity contribution is 5.37. The molecule has 1 fully saturated rings. The minimum atomic E-state index is -0.318. The summed E-state index contributed by atoms with van der Waals surface area (Å²) in [4.78, 5) is 9.60. The standard InChI is InChI=1S/C5H10O2.C4H9NO/c1-5(2,3)7-4-6;1-4-5-2-3-6-4/h4H,1-3H3;4-5H,2-3H2,1H3. The Hall–Kier alpha value is -0.610. The van der Waals surface area contributed by atoms with Crippen LogP contribution in [0.5, 0.6) is 0 Å². The Labute approximate surface area is 79.6 Å². The molecule has 0 saturated carbocycles. The third-order valence-electron chi connectivity index (χ3n) is 1.30. The summed E-state index contributed by atoms with van der Waals surface area (Å²) in [5.74, 6) is 0. The SMILES string of the molecule is CC(C)(C)OC=O.CC1NCCO1. The summed E-state index contributed by atoms with van der Waals surface area (Å²) in [5, 5.41) is 3.10. The molecule has 1 unspecified atom stereocenters. The summed E-state index contributed by atoms with van der Waals surface area (Å²) in [6.45, 7) is 9.82. The van der Waals surface area contributed by atoms with Gasteiger partial charge in [-0.25, -0.2) is 0 Å². The molecule has 4 heteroatoms. The van der Waals surface area contributed by atoms with Crippen molar-refractivity contribution < 1.29 is 14.3 Å². The third kappa shape index (κ3) is 9.30. The second-order valence-corrected chi connectivity index (χ2v) is 3.79. The average Bonchev–Trinajstić information content (AvgIpc) is 2.38. The molecule has 1 rings (SSSR count). The third-order valence-corrected chi connectivity index (χ3v) is 1.30. The zero-order chi connectivity index (χ0) is 10.3. The van der Waals surface area contributed by atoms with Gasteiger partial charge in [0.25, 0.3) is 6.47 Å². The van der Waals surface area contributed by atoms with Gasteiger partial charge in [-0.15, -0.1) is 0 Å². The molecule has 0 amide bonds. The average molecular weight is 189 g/mol. The van der Waals surface area contributed by atoms with E-state index in [4.69, 9.17) is 4.74 Å². The van der Waals surface area contributed by atoms with Gasteiger partial charge >= 0.3 is 0 Å². The van der Waals surface area contributed by atoms with E-state index in [0.29, 0.717) is 12.7 Å². The van der Waals surface area contributed by atoms with Crippen LogP contribution >= 0.6 is 0 Å². The monoisotopic (exact) mass is 189 g/mol. The minimum absolute atomic E-state index is 0.296. The fourth-order valence-corrected chi connectivity index (χ4v) is 0.701. The lowest BCUT2D eigenvalue weighted by Crippen LogP contribution is -2.17. The van der Waals surface area contributed by atoms with Crippen LogP contribution in [0.2, 0.25) is 0 Å². The Bertz CT molecular complexity index is 136. The highest BCUT2D eigenvalue weighted by atomic mass is 16.5. The molecular weight excluding hydrogens is 170 g/mol. The zero-order valence-corrected chi connectivity index (χ0v) is 8.79. The van der Waals surface area contributed by atoms with E-state index in [-0.39, 0.29) is 5.60 Å². The molecule has 0 aromatic carbocycles. The second kappa shape index (κ2) is 5.94. The Morgan fingerprint density at radius 2 is 2.15 bits per heavy atom. The molecular formula is C9H19NO3. The van der Waals surface area contributed by atoms with Crippen molar-refractivity contribution in [3.05, 3.63) is 0 Å². The lowest BCUT2D eigenvalue weighted by molar-refractivity contribution is -0.138. The van der Waals surface area contributed by atoms with E-state index < -0.39 is 0 Å². The lowest BCUT2D eigenvalue weighted by Gasteiger charge is -2.14. The van der Waals surface area contributed by atoms with Crippen LogP contribution in [0.1, 0.15) is 27.7 Å². The van der Waals surface area contributed by atoms with Crippen LogP contribution in [0.25, 0.3) is 0 Å². The van der Waals surface area contributed by atoms with Crippen LogP contribution in [0.4, 0.5) is 0 Å². The topological polar surface area (TPSA) is 47.6 Å². The first-order valence-electron chi connectivity index (χ1n) is 4.42. The summed E-state index contributed by atoms with van der Waals surface area (Å²) < 4.78 is 9.59. The van der Waals surface area contributed by atoms with E-state index in [1.165, 1.54) is 0 Å². The predicted octanol–water partition coefficient (Wildman–Crippen LogP) is 0.910. The molecule has 1 N–H and O–H groups in total. The maximum absolute atomic E-state index is 9.60. The molecule has 1 saturated heterocycles. The van der Waals surface area contributed by atoms with Crippen molar-refractivity contribution in [1.29, 1.82) is 0 Å². The van der Waals surface area contributed by atoms with Crippen molar-refractivity contribution in [3.8, 4) is 0 Å². The smallest absolute Gasteiger partial charge is 0.293 e. The molecule has 4 nitrogen and oxygen atoms in total. The summed E-state index contributed by atoms with van der Waals surface area (Å²) >= 11 is 0. The number of ether oxygens (including phenoxy) is 2. The van der Waals surface area contributed by atoms with E-state index >= 15 is 0 Å². The highest BCUT2D eigenvalue weighted by Crippen LogP contribution is 2.02. The van der Waals surface area contributed by atoms with Gasteiger partial charge in [0.15, 0.2) is 0 Å². The largest absolute Gasteiger partial charge is 0.462 e. The number of hydrogen-bond acceptors (Lipinski definition) is 4. The summed E-state index contributed by atoms with van der Waals surface area (Å²) in [7, 11) is 0. The molecule has 1 aliphatic heterocycles. The van der Waals surface area contributed by atoms with Crippen LogP contribution in [0.3, 0.4) is 0 Å². The number of nitrogens with one attached hydrogen (secondary N) is 1. The second-order valence-electron chi connectivity index (χ2n) is 3.79. The van der Waals surface area contributed by atoms with Crippen molar-refractivity contribution in [3.63, 3.8) is 0 Å². The van der Waals surface area contributed by atoms with Gasteiger partial charge in [0.2, 0.25) is 0 Å². The first-order valence-corrected chi connectivity index (χ1v) is 4.42. The molecule has 13 heavy (non-hydrogen) atoms. The zero-order valence-electron chi connectivity index (χ0n) is 8.79. The van der Waals surface area contributed by atoms with E-state index in [0.717, 1.165) is 13.2 Å². The van der Waals surface area contributed by atoms with Crippen molar-refractivity contribution in [1.82, 2.24) is 5.32 Å². The van der Waals surface area contributed by atoms with Crippen LogP contribution in [0, 0.1) is 0 Å². The molecule has 0 aromatic rings. The fraction of sp³-hybridized carbons (Fsp3) is 0.889. The minimum Gasteiger partial charge on any atom is -0.462 e. The first-order chi connectivity index (χ1) is 5.95. The number of rotatable bonds is 1.